The van der Waals surface area contributed by atoms with Crippen LogP contribution in [-0.2, 0) is 16.8 Å². The van der Waals surface area contributed by atoms with Crippen LogP contribution in [-0.4, -0.2) is 33.5 Å². The number of hydrogen-bond donors (Lipinski definition) is 1. The van der Waals surface area contributed by atoms with Crippen LogP contribution in [0.25, 0.3) is 16.9 Å². The van der Waals surface area contributed by atoms with Gasteiger partial charge in [0, 0.05) is 30.4 Å². The maximum Gasteiger partial charge on any atom is 0.251 e. The average Bonchev–Trinajstić information content (AvgIpc) is 3.35. The largest absolute Gasteiger partial charge is 0.554 e. The van der Waals surface area contributed by atoms with Gasteiger partial charge in [0.15, 0.2) is 18.9 Å². The summed E-state index contributed by atoms with van der Waals surface area (Å²) < 4.78 is 9.29. The van der Waals surface area contributed by atoms with E-state index in [1.807, 2.05) is 24.4 Å². The molecule has 4 aromatic rings. The Morgan fingerprint density at radius 1 is 1.24 bits per heavy atom. The van der Waals surface area contributed by atoms with Crippen LogP contribution < -0.4 is 15.0 Å². The molecule has 0 spiro atoms. The first-order valence-corrected chi connectivity index (χ1v) is 10.9. The van der Waals surface area contributed by atoms with Crippen molar-refractivity contribution in [3.05, 3.63) is 71.6 Å². The fourth-order valence-corrected chi connectivity index (χ4v) is 3.66. The number of aryl methyl sites for hydroxylation is 2. The van der Waals surface area contributed by atoms with Gasteiger partial charge in [-0.25, -0.2) is 9.55 Å². The molecule has 34 heavy (non-hydrogen) atoms. The Kier molecular flexibility index (Phi) is 7.45. The van der Waals surface area contributed by atoms with Crippen molar-refractivity contribution in [1.29, 1.82) is 0 Å². The summed E-state index contributed by atoms with van der Waals surface area (Å²) in [5.74, 6) is 0.630. The Morgan fingerprint density at radius 2 is 1.91 bits per heavy atom. The van der Waals surface area contributed by atoms with Crippen molar-refractivity contribution in [2.75, 3.05) is 6.54 Å². The highest BCUT2D eigenvalue weighted by Gasteiger charge is 2.17. The monoisotopic (exact) mass is 463 g/mol. The summed E-state index contributed by atoms with van der Waals surface area (Å²) in [6.45, 7) is 11.1. The molecule has 0 aromatic carbocycles. The van der Waals surface area contributed by atoms with Gasteiger partial charge >= 0.3 is 0 Å². The topological polar surface area (TPSA) is 116 Å². The summed E-state index contributed by atoms with van der Waals surface area (Å²) in [5, 5.41) is 15.3. The van der Waals surface area contributed by atoms with Crippen molar-refractivity contribution in [3.63, 3.8) is 0 Å². The second kappa shape index (κ2) is 10.3. The number of amides is 1. The molecule has 0 radical (unpaired) electrons. The van der Waals surface area contributed by atoms with E-state index in [-0.39, 0.29) is 11.3 Å². The van der Waals surface area contributed by atoms with Crippen LogP contribution >= 0.6 is 0 Å². The molecule has 0 unspecified atom stereocenters. The Morgan fingerprint density at radius 3 is 2.50 bits per heavy atom. The van der Waals surface area contributed by atoms with E-state index < -0.39 is 6.47 Å². The van der Waals surface area contributed by atoms with Crippen LogP contribution in [0.5, 0.6) is 0 Å². The highest BCUT2D eigenvalue weighted by molar-refractivity contribution is 5.95. The van der Waals surface area contributed by atoms with Crippen LogP contribution in [0.3, 0.4) is 0 Å². The van der Waals surface area contributed by atoms with E-state index in [1.165, 1.54) is 5.56 Å². The first kappa shape index (κ1) is 24.6. The smallest absolute Gasteiger partial charge is 0.251 e. The van der Waals surface area contributed by atoms with Gasteiger partial charge in [-0.3, -0.25) is 9.20 Å². The van der Waals surface area contributed by atoms with Crippen LogP contribution in [0, 0.1) is 13.8 Å². The van der Waals surface area contributed by atoms with Crippen molar-refractivity contribution >= 4 is 18.0 Å². The maximum atomic E-state index is 12.6. The lowest BCUT2D eigenvalue weighted by Gasteiger charge is -2.17. The Hall–Kier alpha value is -4.01. The third-order valence-electron chi connectivity index (χ3n) is 5.48. The van der Waals surface area contributed by atoms with Gasteiger partial charge in [0.2, 0.25) is 0 Å². The lowest BCUT2D eigenvalue weighted by molar-refractivity contribution is -0.695. The number of nitrogens with zero attached hydrogens (tertiary/aromatic N) is 4. The van der Waals surface area contributed by atoms with Crippen LogP contribution in [0.4, 0.5) is 0 Å². The van der Waals surface area contributed by atoms with Gasteiger partial charge in [-0.1, -0.05) is 25.9 Å². The number of imidazole rings is 1. The van der Waals surface area contributed by atoms with E-state index in [2.05, 4.69) is 65.3 Å². The second-order valence-corrected chi connectivity index (χ2v) is 8.91. The number of carbonyl (C=O) groups is 2. The second-order valence-electron chi connectivity index (χ2n) is 8.91. The molecule has 4 aromatic heterocycles. The van der Waals surface area contributed by atoms with Crippen LogP contribution in [0.1, 0.15) is 48.1 Å². The quantitative estimate of drug-likeness (QED) is 0.357. The van der Waals surface area contributed by atoms with E-state index in [9.17, 15) is 4.79 Å². The number of carbonyl (C=O) groups excluding carboxylic acids is 2. The Bertz CT molecular complexity index is 1260. The number of carboxylic acid groups (broad SMARTS) is 1. The van der Waals surface area contributed by atoms with Gasteiger partial charge in [-0.15, -0.1) is 0 Å². The molecule has 0 fully saturated rings. The highest BCUT2D eigenvalue weighted by Crippen LogP contribution is 2.27. The number of pyridine rings is 2. The Labute approximate surface area is 198 Å². The number of hydrogen-bond acceptors (Lipinski definition) is 6. The molecule has 178 valence electrons. The molecule has 9 nitrogen and oxygen atoms in total. The first-order valence-electron chi connectivity index (χ1n) is 10.9. The molecule has 0 aliphatic carbocycles. The lowest BCUT2D eigenvalue weighted by Crippen LogP contribution is -2.40. The molecule has 0 bridgehead atoms. The zero-order valence-electron chi connectivity index (χ0n) is 20.0. The fourth-order valence-electron chi connectivity index (χ4n) is 3.66. The van der Waals surface area contributed by atoms with E-state index in [0.29, 0.717) is 24.3 Å². The lowest BCUT2D eigenvalue weighted by atomic mass is 9.88. The molecule has 0 saturated heterocycles. The summed E-state index contributed by atoms with van der Waals surface area (Å²) in [4.78, 5) is 25.3. The average molecular weight is 464 g/mol. The van der Waals surface area contributed by atoms with E-state index in [4.69, 9.17) is 14.4 Å². The standard InChI is InChI=1S/C24H27N5O2.CH2O2/c1-16-22(17(2)31-27-16)20-15-26-21-14-18(6-12-29(20)21)23(30)25-9-13-28-10-7-19(8-11-28)24(3,4)5;2-1-3/h6-8,10-12,14-15H,9,13H2,1-5H3;1H,(H,2,3). The molecule has 9 heteroatoms. The van der Waals surface area contributed by atoms with Gasteiger partial charge < -0.3 is 19.7 Å². The van der Waals surface area contributed by atoms with Crippen LogP contribution in [0.2, 0.25) is 0 Å². The molecule has 0 aliphatic heterocycles. The Balaban J connectivity index is 0.00000103. The van der Waals surface area contributed by atoms with Crippen molar-refractivity contribution in [3.8, 4) is 11.3 Å². The molecular weight excluding hydrogens is 434 g/mol. The van der Waals surface area contributed by atoms with Crippen molar-refractivity contribution in [1.82, 2.24) is 19.9 Å². The number of nitrogens with one attached hydrogen (secondary N) is 1. The molecule has 0 saturated carbocycles. The molecule has 4 rings (SSSR count). The van der Waals surface area contributed by atoms with E-state index in [1.54, 1.807) is 18.3 Å². The van der Waals surface area contributed by atoms with Gasteiger partial charge in [-0.2, -0.15) is 0 Å². The maximum absolute atomic E-state index is 12.6. The molecule has 4 heterocycles. The van der Waals surface area contributed by atoms with Crippen molar-refractivity contribution < 1.29 is 23.8 Å². The zero-order chi connectivity index (χ0) is 24.9. The molecular formula is C25H29N5O4. The van der Waals surface area contributed by atoms with E-state index in [0.717, 1.165) is 22.7 Å². The minimum Gasteiger partial charge on any atom is -0.554 e. The predicted octanol–water partition coefficient (Wildman–Crippen LogP) is 1.99. The normalized spacial score (nSPS) is 11.1. The summed E-state index contributed by atoms with van der Waals surface area (Å²) in [7, 11) is 0. The first-order chi connectivity index (χ1) is 16.2. The van der Waals surface area contributed by atoms with Gasteiger partial charge in [0.25, 0.3) is 5.91 Å². The van der Waals surface area contributed by atoms with Crippen molar-refractivity contribution in [2.24, 2.45) is 0 Å². The molecule has 1 amide bonds. The molecule has 0 aliphatic rings. The summed E-state index contributed by atoms with van der Waals surface area (Å²) in [6, 6.07) is 7.86. The summed E-state index contributed by atoms with van der Waals surface area (Å²) >= 11 is 0. The number of aromatic nitrogens is 4. The summed E-state index contributed by atoms with van der Waals surface area (Å²) in [6.07, 6.45) is 7.75. The van der Waals surface area contributed by atoms with Crippen molar-refractivity contribution in [2.45, 2.75) is 46.6 Å². The third kappa shape index (κ3) is 5.48. The van der Waals surface area contributed by atoms with Gasteiger partial charge in [0.05, 0.1) is 29.7 Å². The highest BCUT2D eigenvalue weighted by atomic mass is 16.5. The SMILES string of the molecule is Cc1noc(C)c1-c1cnc2cc(C(=O)NCC[n+]3ccc(C(C)(C)C)cc3)ccn12.O=C[O-]. The minimum absolute atomic E-state index is 0.115. The van der Waals surface area contributed by atoms with Gasteiger partial charge in [0.1, 0.15) is 11.4 Å². The van der Waals surface area contributed by atoms with Crippen LogP contribution in [0.15, 0.2) is 53.6 Å². The minimum atomic E-state index is -0.500. The third-order valence-corrected chi connectivity index (χ3v) is 5.48. The predicted molar refractivity (Wildman–Crippen MR) is 124 cm³/mol. The van der Waals surface area contributed by atoms with Gasteiger partial charge in [-0.05, 0) is 37.0 Å². The number of fused-ring (bicyclic) bond motifs is 1. The molecule has 1 N–H and O–H groups in total. The number of rotatable bonds is 5. The molecule has 0 atom stereocenters. The summed E-state index contributed by atoms with van der Waals surface area (Å²) in [5.41, 5.74) is 5.34. The van der Waals surface area contributed by atoms with E-state index >= 15 is 0 Å². The fraction of sp³-hybridized carbons (Fsp3) is 0.320. The zero-order valence-corrected chi connectivity index (χ0v) is 20.0.